The third-order valence-corrected chi connectivity index (χ3v) is 2.53. The van der Waals surface area contributed by atoms with Crippen molar-refractivity contribution in [3.05, 3.63) is 48.3 Å². The molecule has 0 saturated carbocycles. The second-order valence-corrected chi connectivity index (χ2v) is 5.06. The molecule has 137 valence electrons. The number of hydrogen-bond donors (Lipinski definition) is 4. The van der Waals surface area contributed by atoms with Crippen LogP contribution in [0.5, 0.6) is 0 Å². The zero-order valence-electron chi connectivity index (χ0n) is 12.1. The fraction of sp³-hybridized carbons (Fsp3) is 0.250. The Kier molecular flexibility index (Phi) is 10.4. The van der Waals surface area contributed by atoms with Crippen LogP contribution in [-0.4, -0.2) is 36.7 Å². The quantitative estimate of drug-likeness (QED) is 0.351. The van der Waals surface area contributed by atoms with Crippen LogP contribution in [-0.2, 0) is 34.8 Å². The van der Waals surface area contributed by atoms with E-state index >= 15 is 0 Å². The minimum absolute atomic E-state index is 0. The molecular weight excluding hydrogens is 395 g/mol. The van der Waals surface area contributed by atoms with Crippen LogP contribution in [0.4, 0.5) is 0 Å². The number of carboxylic acids is 1. The van der Waals surface area contributed by atoms with Gasteiger partial charge in [-0.2, -0.15) is 14.0 Å². The fourth-order valence-electron chi connectivity index (χ4n) is 1.59. The first kappa shape index (κ1) is 22.4. The first-order valence-electron chi connectivity index (χ1n) is 6.22. The summed E-state index contributed by atoms with van der Waals surface area (Å²) >= 11 is 0. The van der Waals surface area contributed by atoms with Crippen molar-refractivity contribution in [1.29, 1.82) is 0 Å². The van der Waals surface area contributed by atoms with Gasteiger partial charge in [-0.3, -0.25) is 15.1 Å². The molecule has 0 aromatic carbocycles. The predicted octanol–water partition coefficient (Wildman–Crippen LogP) is -3.54. The summed E-state index contributed by atoms with van der Waals surface area (Å²) in [6.45, 7) is 0.423. The molecule has 2 aromatic heterocycles. The molecule has 0 aliphatic heterocycles. The van der Waals surface area contributed by atoms with Gasteiger partial charge in [0.1, 0.15) is 6.04 Å². The van der Waals surface area contributed by atoms with E-state index in [4.69, 9.17) is 23.7 Å². The van der Waals surface area contributed by atoms with Crippen molar-refractivity contribution in [2.24, 2.45) is 0 Å². The van der Waals surface area contributed by atoms with Crippen LogP contribution in [0.3, 0.4) is 0 Å². The predicted molar refractivity (Wildman–Crippen MR) is 67.0 cm³/mol. The molecule has 1 unspecified atom stereocenters. The number of carbonyl (C=O) groups is 1. The van der Waals surface area contributed by atoms with Crippen LogP contribution in [0.25, 0.3) is 0 Å². The molecule has 0 saturated heterocycles. The summed E-state index contributed by atoms with van der Waals surface area (Å²) in [6.07, 6.45) is 5.20. The van der Waals surface area contributed by atoms with Crippen LogP contribution < -0.4 is 19.3 Å². The second kappa shape index (κ2) is 11.1. The SMILES string of the molecule is O=C(O)C(Cc1cnc[nH]1)NCc1ccccn1.[Cu].[O-][Cl+3]([O-])([O-])O. The number of carboxylic acid groups (broad SMARTS) is 1. The zero-order chi connectivity index (χ0) is 17.3. The third kappa shape index (κ3) is 11.0. The van der Waals surface area contributed by atoms with Crippen molar-refractivity contribution in [3.8, 4) is 0 Å². The summed E-state index contributed by atoms with van der Waals surface area (Å²) in [6, 6.07) is 4.88. The molecule has 0 fully saturated rings. The molecule has 12 heteroatoms. The fourth-order valence-corrected chi connectivity index (χ4v) is 1.59. The number of aliphatic carboxylic acids is 1. The molecule has 0 aliphatic rings. The summed E-state index contributed by atoms with van der Waals surface area (Å²) < 4.78 is 32.7. The van der Waals surface area contributed by atoms with Crippen LogP contribution in [0.2, 0.25) is 0 Å². The van der Waals surface area contributed by atoms with Gasteiger partial charge in [-0.05, 0) is 12.1 Å². The largest absolute Gasteiger partial charge is 0.480 e. The van der Waals surface area contributed by atoms with Crippen LogP contribution >= 0.6 is 0 Å². The Labute approximate surface area is 149 Å². The Morgan fingerprint density at radius 3 is 2.50 bits per heavy atom. The molecule has 0 amide bonds. The third-order valence-electron chi connectivity index (χ3n) is 2.53. The van der Waals surface area contributed by atoms with Gasteiger partial charge in [0.25, 0.3) is 0 Å². The number of aromatic nitrogens is 3. The maximum Gasteiger partial charge on any atom is 0.321 e. The van der Waals surface area contributed by atoms with E-state index in [9.17, 15) is 4.79 Å². The molecule has 0 spiro atoms. The number of hydrogen-bond acceptors (Lipinski definition) is 8. The molecule has 2 heterocycles. The van der Waals surface area contributed by atoms with E-state index < -0.39 is 22.3 Å². The average Bonchev–Trinajstić information content (AvgIpc) is 2.95. The van der Waals surface area contributed by atoms with Gasteiger partial charge in [-0.15, -0.1) is 0 Å². The first-order valence-corrected chi connectivity index (χ1v) is 7.48. The molecule has 4 N–H and O–H groups in total. The standard InChI is InChI=1S/C12H14N4O2.ClHO4.Cu/c17-12(18)11(5-10-6-13-8-16-10)15-7-9-3-1-2-4-14-9;2-1(3,4)5;/h1-4,6,8,11,15H,5,7H2,(H,13,16)(H,17,18);(H,2,3,4,5);. The smallest absolute Gasteiger partial charge is 0.321 e. The van der Waals surface area contributed by atoms with Gasteiger partial charge in [0.05, 0.1) is 26.9 Å². The number of aromatic amines is 1. The molecule has 1 atom stereocenters. The van der Waals surface area contributed by atoms with E-state index in [1.54, 1.807) is 12.4 Å². The van der Waals surface area contributed by atoms with E-state index in [2.05, 4.69) is 20.3 Å². The van der Waals surface area contributed by atoms with Gasteiger partial charge in [-0.25, -0.2) is 4.98 Å². The zero-order valence-corrected chi connectivity index (χ0v) is 13.8. The van der Waals surface area contributed by atoms with Gasteiger partial charge in [0.15, 0.2) is 0 Å². The van der Waals surface area contributed by atoms with Crippen LogP contribution in [0.1, 0.15) is 11.4 Å². The minimum Gasteiger partial charge on any atom is -0.480 e. The molecule has 1 radical (unpaired) electrons. The van der Waals surface area contributed by atoms with Crippen molar-refractivity contribution < 1.29 is 55.8 Å². The Morgan fingerprint density at radius 1 is 1.38 bits per heavy atom. The van der Waals surface area contributed by atoms with Crippen molar-refractivity contribution >= 4 is 5.97 Å². The molecule has 0 bridgehead atoms. The van der Waals surface area contributed by atoms with E-state index in [1.165, 1.54) is 6.33 Å². The van der Waals surface area contributed by atoms with E-state index in [1.807, 2.05) is 18.2 Å². The maximum atomic E-state index is 11.1. The number of nitrogens with one attached hydrogen (secondary N) is 2. The number of imidazole rings is 1. The summed E-state index contributed by atoms with van der Waals surface area (Å²) in [4.78, 5) is 22.0. The second-order valence-electron chi connectivity index (χ2n) is 4.27. The maximum absolute atomic E-state index is 11.1. The molecule has 24 heavy (non-hydrogen) atoms. The first-order chi connectivity index (χ1) is 10.8. The normalized spacial score (nSPS) is 11.7. The Balaban J connectivity index is 0.000000777. The summed E-state index contributed by atoms with van der Waals surface area (Å²) in [5, 5.41) is 12.1. The van der Waals surface area contributed by atoms with Crippen LogP contribution in [0, 0.1) is 10.2 Å². The number of nitrogens with zero attached hydrogens (tertiary/aromatic N) is 2. The minimum atomic E-state index is -4.69. The Hall–Kier alpha value is -1.56. The number of halogens is 1. The van der Waals surface area contributed by atoms with E-state index in [-0.39, 0.29) is 17.1 Å². The Bertz CT molecular complexity index is 575. The van der Waals surface area contributed by atoms with E-state index in [0.717, 1.165) is 11.4 Å². The number of H-pyrrole nitrogens is 1. The molecule has 2 aromatic rings. The topological polar surface area (TPSA) is 180 Å². The van der Waals surface area contributed by atoms with Gasteiger partial charge >= 0.3 is 5.97 Å². The Morgan fingerprint density at radius 2 is 2.04 bits per heavy atom. The molecule has 10 nitrogen and oxygen atoms in total. The summed E-state index contributed by atoms with van der Waals surface area (Å²) in [5.41, 5.74) is 1.60. The van der Waals surface area contributed by atoms with Gasteiger partial charge < -0.3 is 10.1 Å². The monoisotopic (exact) mass is 409 g/mol. The van der Waals surface area contributed by atoms with Crippen molar-refractivity contribution in [2.45, 2.75) is 19.0 Å². The van der Waals surface area contributed by atoms with Crippen molar-refractivity contribution in [1.82, 2.24) is 20.3 Å². The molecular formula is C12H15ClCuN4O6. The molecule has 0 aliphatic carbocycles. The van der Waals surface area contributed by atoms with Crippen molar-refractivity contribution in [3.63, 3.8) is 0 Å². The summed E-state index contributed by atoms with van der Waals surface area (Å²) in [7, 11) is -4.69. The van der Waals surface area contributed by atoms with Gasteiger partial charge in [-0.1, -0.05) is 6.07 Å². The average molecular weight is 410 g/mol. The number of pyridine rings is 1. The number of rotatable bonds is 6. The van der Waals surface area contributed by atoms with Crippen LogP contribution in [0.15, 0.2) is 36.9 Å². The van der Waals surface area contributed by atoms with Gasteiger partial charge in [0, 0.05) is 48.1 Å². The van der Waals surface area contributed by atoms with Gasteiger partial charge in [0.2, 0.25) is 0 Å². The van der Waals surface area contributed by atoms with E-state index in [0.29, 0.717) is 13.0 Å². The molecule has 2 rings (SSSR count). The van der Waals surface area contributed by atoms with Crippen molar-refractivity contribution in [2.75, 3.05) is 0 Å². The summed E-state index contributed by atoms with van der Waals surface area (Å²) in [5.74, 6) is -0.888.